The molecule has 0 aromatic heterocycles. The molecule has 1 atom stereocenters. The van der Waals surface area contributed by atoms with E-state index in [1.807, 2.05) is 6.92 Å². The topological polar surface area (TPSA) is 61.5 Å². The Kier molecular flexibility index (Phi) is 5.01. The van der Waals surface area contributed by atoms with E-state index in [1.54, 1.807) is 0 Å². The van der Waals surface area contributed by atoms with Crippen LogP contribution in [-0.4, -0.2) is 25.7 Å². The zero-order chi connectivity index (χ0) is 14.5. The fourth-order valence-corrected chi connectivity index (χ4v) is 2.75. The van der Waals surface area contributed by atoms with Crippen LogP contribution in [0.2, 0.25) is 0 Å². The number of ether oxygens (including phenoxy) is 2. The average Bonchev–Trinajstić information content (AvgIpc) is 2.78. The molecule has 0 aliphatic heterocycles. The lowest BCUT2D eigenvalue weighted by atomic mass is 10.0. The number of hydrogen-bond acceptors (Lipinski definition) is 4. The van der Waals surface area contributed by atoms with Gasteiger partial charge in [0.15, 0.2) is 0 Å². The molecular weight excluding hydrogens is 254 g/mol. The van der Waals surface area contributed by atoms with E-state index in [9.17, 15) is 4.79 Å². The van der Waals surface area contributed by atoms with Crippen molar-refractivity contribution in [2.75, 3.05) is 13.7 Å². The molecule has 1 aromatic rings. The Morgan fingerprint density at radius 1 is 1.35 bits per heavy atom. The zero-order valence-electron chi connectivity index (χ0n) is 12.3. The molecule has 20 heavy (non-hydrogen) atoms. The van der Waals surface area contributed by atoms with Gasteiger partial charge in [0.05, 0.1) is 13.7 Å². The van der Waals surface area contributed by atoms with Gasteiger partial charge in [0.2, 0.25) is 0 Å². The lowest BCUT2D eigenvalue weighted by molar-refractivity contribution is -0.140. The molecule has 0 radical (unpaired) electrons. The minimum Gasteiger partial charge on any atom is -0.494 e. The molecule has 0 saturated carbocycles. The van der Waals surface area contributed by atoms with Crippen molar-refractivity contribution in [2.45, 2.75) is 45.1 Å². The predicted octanol–water partition coefficient (Wildman–Crippen LogP) is 2.01. The first kappa shape index (κ1) is 14.9. The van der Waals surface area contributed by atoms with Gasteiger partial charge in [-0.1, -0.05) is 6.07 Å². The predicted molar refractivity (Wildman–Crippen MR) is 77.9 cm³/mol. The highest BCUT2D eigenvalue weighted by molar-refractivity contribution is 5.69. The van der Waals surface area contributed by atoms with Crippen molar-refractivity contribution in [1.29, 1.82) is 0 Å². The quantitative estimate of drug-likeness (QED) is 0.808. The lowest BCUT2D eigenvalue weighted by Gasteiger charge is -2.12. The monoisotopic (exact) mass is 277 g/mol. The van der Waals surface area contributed by atoms with E-state index in [0.29, 0.717) is 13.0 Å². The number of esters is 1. The van der Waals surface area contributed by atoms with E-state index in [0.717, 1.165) is 31.4 Å². The van der Waals surface area contributed by atoms with Gasteiger partial charge in [-0.15, -0.1) is 0 Å². The van der Waals surface area contributed by atoms with Gasteiger partial charge < -0.3 is 15.2 Å². The third-order valence-electron chi connectivity index (χ3n) is 3.70. The fraction of sp³-hybridized carbons (Fsp3) is 0.562. The zero-order valence-corrected chi connectivity index (χ0v) is 12.3. The minimum atomic E-state index is -0.161. The maximum atomic E-state index is 11.2. The second-order valence-corrected chi connectivity index (χ2v) is 5.26. The average molecular weight is 277 g/mol. The molecule has 2 N–H and O–H groups in total. The van der Waals surface area contributed by atoms with Crippen molar-refractivity contribution in [3.8, 4) is 5.75 Å². The summed E-state index contributed by atoms with van der Waals surface area (Å²) < 4.78 is 10.4. The highest BCUT2D eigenvalue weighted by Crippen LogP contribution is 2.30. The van der Waals surface area contributed by atoms with Crippen LogP contribution in [0.25, 0.3) is 0 Å². The molecule has 1 aromatic carbocycles. The Morgan fingerprint density at radius 2 is 2.05 bits per heavy atom. The Morgan fingerprint density at radius 3 is 2.70 bits per heavy atom. The number of fused-ring (bicyclic) bond motifs is 1. The minimum absolute atomic E-state index is 0.161. The molecule has 4 nitrogen and oxygen atoms in total. The summed E-state index contributed by atoms with van der Waals surface area (Å²) in [6, 6.07) is 4.55. The summed E-state index contributed by atoms with van der Waals surface area (Å²) in [6.07, 6.45) is 3.91. The summed E-state index contributed by atoms with van der Waals surface area (Å²) in [5, 5.41) is 0. The molecule has 4 heteroatoms. The Hall–Kier alpha value is -1.55. The van der Waals surface area contributed by atoms with Crippen LogP contribution in [0.1, 0.15) is 36.5 Å². The third-order valence-corrected chi connectivity index (χ3v) is 3.70. The van der Waals surface area contributed by atoms with Crippen molar-refractivity contribution in [1.82, 2.24) is 0 Å². The maximum absolute atomic E-state index is 11.2. The first-order valence-corrected chi connectivity index (χ1v) is 7.24. The number of hydrogen-bond donors (Lipinski definition) is 1. The summed E-state index contributed by atoms with van der Waals surface area (Å²) in [6.45, 7) is 2.63. The number of rotatable bonds is 6. The summed E-state index contributed by atoms with van der Waals surface area (Å²) >= 11 is 0. The van der Waals surface area contributed by atoms with Crippen molar-refractivity contribution >= 4 is 5.97 Å². The molecular formula is C16H23NO3. The summed E-state index contributed by atoms with van der Waals surface area (Å²) in [5.41, 5.74) is 9.82. The van der Waals surface area contributed by atoms with Crippen LogP contribution >= 0.6 is 0 Å². The smallest absolute Gasteiger partial charge is 0.305 e. The molecule has 0 heterocycles. The Balaban J connectivity index is 2.10. The normalized spacial score (nSPS) is 16.9. The van der Waals surface area contributed by atoms with E-state index in [1.165, 1.54) is 23.8 Å². The molecule has 1 aliphatic rings. The van der Waals surface area contributed by atoms with Crippen LogP contribution < -0.4 is 10.5 Å². The van der Waals surface area contributed by atoms with Crippen LogP contribution in [0.5, 0.6) is 5.75 Å². The van der Waals surface area contributed by atoms with Crippen LogP contribution in [0, 0.1) is 0 Å². The Labute approximate surface area is 120 Å². The standard InChI is InChI=1S/C16H23NO3/c1-3-20-15-10-13-9-14(17)8-12(13)7-11(15)5-4-6-16(18)19-2/h7,10,14H,3-6,8-9,17H2,1-2H3. The van der Waals surface area contributed by atoms with E-state index < -0.39 is 0 Å². The third kappa shape index (κ3) is 3.51. The molecule has 2 rings (SSSR count). The number of benzene rings is 1. The fourth-order valence-electron chi connectivity index (χ4n) is 2.75. The molecule has 0 bridgehead atoms. The van der Waals surface area contributed by atoms with E-state index >= 15 is 0 Å². The van der Waals surface area contributed by atoms with Gasteiger partial charge in [0.25, 0.3) is 0 Å². The van der Waals surface area contributed by atoms with Gasteiger partial charge in [-0.3, -0.25) is 4.79 Å². The van der Waals surface area contributed by atoms with Gasteiger partial charge in [-0.2, -0.15) is 0 Å². The van der Waals surface area contributed by atoms with E-state index in [-0.39, 0.29) is 12.0 Å². The van der Waals surface area contributed by atoms with Gasteiger partial charge in [-0.25, -0.2) is 0 Å². The van der Waals surface area contributed by atoms with Crippen molar-refractivity contribution in [3.63, 3.8) is 0 Å². The largest absolute Gasteiger partial charge is 0.494 e. The number of methoxy groups -OCH3 is 1. The van der Waals surface area contributed by atoms with Gasteiger partial charge in [0, 0.05) is 12.5 Å². The van der Waals surface area contributed by atoms with Crippen LogP contribution in [0.15, 0.2) is 12.1 Å². The van der Waals surface area contributed by atoms with Gasteiger partial charge in [-0.05, 0) is 55.4 Å². The molecule has 0 amide bonds. The highest BCUT2D eigenvalue weighted by Gasteiger charge is 2.20. The number of carbonyl (C=O) groups excluding carboxylic acids is 1. The molecule has 0 spiro atoms. The number of nitrogens with two attached hydrogens (primary N) is 1. The number of aryl methyl sites for hydroxylation is 1. The first-order chi connectivity index (χ1) is 9.63. The first-order valence-electron chi connectivity index (χ1n) is 7.24. The summed E-state index contributed by atoms with van der Waals surface area (Å²) in [4.78, 5) is 11.2. The SMILES string of the molecule is CCOc1cc2c(cc1CCCC(=O)OC)CC(N)C2. The number of carbonyl (C=O) groups is 1. The molecule has 1 unspecified atom stereocenters. The molecule has 110 valence electrons. The highest BCUT2D eigenvalue weighted by atomic mass is 16.5. The van der Waals surface area contributed by atoms with Crippen molar-refractivity contribution in [3.05, 3.63) is 28.8 Å². The van der Waals surface area contributed by atoms with Crippen molar-refractivity contribution in [2.24, 2.45) is 5.73 Å². The van der Waals surface area contributed by atoms with Crippen molar-refractivity contribution < 1.29 is 14.3 Å². The Bertz CT molecular complexity index is 485. The molecule has 0 saturated heterocycles. The van der Waals surface area contributed by atoms with E-state index in [2.05, 4.69) is 16.9 Å². The maximum Gasteiger partial charge on any atom is 0.305 e. The van der Waals surface area contributed by atoms with E-state index in [4.69, 9.17) is 10.5 Å². The van der Waals surface area contributed by atoms with Crippen LogP contribution in [-0.2, 0) is 28.8 Å². The lowest BCUT2D eigenvalue weighted by Crippen LogP contribution is -2.18. The second-order valence-electron chi connectivity index (χ2n) is 5.26. The van der Waals surface area contributed by atoms with Crippen LogP contribution in [0.3, 0.4) is 0 Å². The van der Waals surface area contributed by atoms with Gasteiger partial charge in [0.1, 0.15) is 5.75 Å². The second kappa shape index (κ2) is 6.75. The summed E-state index contributed by atoms with van der Waals surface area (Å²) in [7, 11) is 1.42. The van der Waals surface area contributed by atoms with Gasteiger partial charge >= 0.3 is 5.97 Å². The molecule has 1 aliphatic carbocycles. The van der Waals surface area contributed by atoms with Crippen LogP contribution in [0.4, 0.5) is 0 Å². The summed E-state index contributed by atoms with van der Waals surface area (Å²) in [5.74, 6) is 0.774. The molecule has 0 fully saturated rings.